The quantitative estimate of drug-likeness (QED) is 0.826. The van der Waals surface area contributed by atoms with Crippen LogP contribution in [0.2, 0.25) is 0 Å². The Morgan fingerprint density at radius 1 is 1.39 bits per heavy atom. The molecule has 1 aliphatic carbocycles. The summed E-state index contributed by atoms with van der Waals surface area (Å²) in [5.41, 5.74) is 1.74. The van der Waals surface area contributed by atoms with Crippen molar-refractivity contribution in [1.82, 2.24) is 10.1 Å². The molecule has 1 aromatic carbocycles. The van der Waals surface area contributed by atoms with Gasteiger partial charge in [-0.15, -0.1) is 0 Å². The van der Waals surface area contributed by atoms with Gasteiger partial charge in [-0.05, 0) is 30.0 Å². The van der Waals surface area contributed by atoms with E-state index in [1.54, 1.807) is 12.1 Å². The van der Waals surface area contributed by atoms with Crippen LogP contribution in [0.25, 0.3) is 0 Å². The van der Waals surface area contributed by atoms with Gasteiger partial charge in [0.15, 0.2) is 5.82 Å². The minimum atomic E-state index is 0.489. The van der Waals surface area contributed by atoms with E-state index in [0.717, 1.165) is 17.8 Å². The molecule has 0 aliphatic heterocycles. The first-order valence-electron chi connectivity index (χ1n) is 6.08. The van der Waals surface area contributed by atoms with Crippen LogP contribution in [0.1, 0.15) is 42.1 Å². The zero-order chi connectivity index (χ0) is 12.5. The summed E-state index contributed by atoms with van der Waals surface area (Å²) in [6.45, 7) is 2.20. The van der Waals surface area contributed by atoms with E-state index in [0.29, 0.717) is 29.7 Å². The lowest BCUT2D eigenvalue weighted by Gasteiger charge is -1.95. The van der Waals surface area contributed by atoms with E-state index >= 15 is 0 Å². The third-order valence-electron chi connectivity index (χ3n) is 3.36. The highest BCUT2D eigenvalue weighted by Crippen LogP contribution is 2.45. The van der Waals surface area contributed by atoms with Crippen LogP contribution in [-0.2, 0) is 6.42 Å². The maximum atomic E-state index is 8.72. The summed E-state index contributed by atoms with van der Waals surface area (Å²) in [4.78, 5) is 4.42. The van der Waals surface area contributed by atoms with Crippen molar-refractivity contribution in [1.29, 1.82) is 5.26 Å². The van der Waals surface area contributed by atoms with E-state index in [9.17, 15) is 0 Å². The van der Waals surface area contributed by atoms with Crippen molar-refractivity contribution in [3.05, 3.63) is 47.1 Å². The molecule has 0 saturated heterocycles. The summed E-state index contributed by atoms with van der Waals surface area (Å²) in [7, 11) is 0. The highest BCUT2D eigenvalue weighted by Gasteiger charge is 2.37. The van der Waals surface area contributed by atoms with E-state index < -0.39 is 0 Å². The maximum Gasteiger partial charge on any atom is 0.231 e. The molecule has 18 heavy (non-hydrogen) atoms. The zero-order valence-corrected chi connectivity index (χ0v) is 10.1. The molecule has 2 aromatic rings. The topological polar surface area (TPSA) is 62.7 Å². The third kappa shape index (κ3) is 2.12. The van der Waals surface area contributed by atoms with Gasteiger partial charge in [-0.25, -0.2) is 0 Å². The van der Waals surface area contributed by atoms with Crippen molar-refractivity contribution in [2.75, 3.05) is 0 Å². The molecule has 90 valence electrons. The number of aromatic nitrogens is 2. The summed E-state index contributed by atoms with van der Waals surface area (Å²) >= 11 is 0. The van der Waals surface area contributed by atoms with Gasteiger partial charge in [-0.1, -0.05) is 24.2 Å². The van der Waals surface area contributed by atoms with Crippen LogP contribution in [0.5, 0.6) is 0 Å². The van der Waals surface area contributed by atoms with Gasteiger partial charge in [0.05, 0.1) is 18.1 Å². The fourth-order valence-electron chi connectivity index (χ4n) is 2.04. The summed E-state index contributed by atoms with van der Waals surface area (Å²) in [5.74, 6) is 2.66. The lowest BCUT2D eigenvalue weighted by atomic mass is 10.1. The molecular formula is C14H13N3O. The Balaban J connectivity index is 1.72. The van der Waals surface area contributed by atoms with Crippen LogP contribution in [0, 0.1) is 17.2 Å². The Hall–Kier alpha value is -2.15. The predicted octanol–water partition coefficient (Wildman–Crippen LogP) is 2.66. The zero-order valence-electron chi connectivity index (χ0n) is 10.1. The molecule has 1 fully saturated rings. The summed E-state index contributed by atoms with van der Waals surface area (Å²) in [5, 5.41) is 12.7. The fraction of sp³-hybridized carbons (Fsp3) is 0.357. The molecule has 2 atom stereocenters. The second-order valence-electron chi connectivity index (χ2n) is 4.85. The molecule has 3 rings (SSSR count). The molecule has 0 radical (unpaired) electrons. The van der Waals surface area contributed by atoms with Gasteiger partial charge in [0.25, 0.3) is 0 Å². The van der Waals surface area contributed by atoms with Crippen LogP contribution in [-0.4, -0.2) is 10.1 Å². The van der Waals surface area contributed by atoms with E-state index in [2.05, 4.69) is 23.1 Å². The number of hydrogen-bond donors (Lipinski definition) is 0. The molecule has 1 aromatic heterocycles. The molecule has 1 aliphatic rings. The smallest absolute Gasteiger partial charge is 0.231 e. The maximum absolute atomic E-state index is 8.72. The highest BCUT2D eigenvalue weighted by molar-refractivity contribution is 5.32. The molecular weight excluding hydrogens is 226 g/mol. The first-order chi connectivity index (χ1) is 8.76. The molecule has 0 spiro atoms. The second kappa shape index (κ2) is 4.26. The van der Waals surface area contributed by atoms with E-state index in [1.807, 2.05) is 12.1 Å². The van der Waals surface area contributed by atoms with Gasteiger partial charge in [0.2, 0.25) is 5.89 Å². The Kier molecular flexibility index (Phi) is 2.60. The highest BCUT2D eigenvalue weighted by atomic mass is 16.5. The van der Waals surface area contributed by atoms with E-state index in [1.165, 1.54) is 0 Å². The van der Waals surface area contributed by atoms with E-state index in [-0.39, 0.29) is 0 Å². The summed E-state index contributed by atoms with van der Waals surface area (Å²) < 4.78 is 5.25. The van der Waals surface area contributed by atoms with Gasteiger partial charge >= 0.3 is 0 Å². The third-order valence-corrected chi connectivity index (χ3v) is 3.36. The molecule has 4 nitrogen and oxygen atoms in total. The Labute approximate surface area is 105 Å². The summed E-state index contributed by atoms with van der Waals surface area (Å²) in [6.07, 6.45) is 1.79. The first kappa shape index (κ1) is 11.0. The van der Waals surface area contributed by atoms with Gasteiger partial charge in [0.1, 0.15) is 0 Å². The molecule has 4 heteroatoms. The van der Waals surface area contributed by atoms with Crippen LogP contribution >= 0.6 is 0 Å². The number of benzene rings is 1. The standard InChI is InChI=1S/C14H13N3O/c1-9-6-12(9)14-16-13(18-17-14)7-10-2-4-11(8-15)5-3-10/h2-5,9,12H,6-7H2,1H3. The Morgan fingerprint density at radius 2 is 2.11 bits per heavy atom. The Bertz CT molecular complexity index is 594. The fourth-order valence-corrected chi connectivity index (χ4v) is 2.04. The number of nitrogens with zero attached hydrogens (tertiary/aromatic N) is 3. The normalized spacial score (nSPS) is 21.6. The van der Waals surface area contributed by atoms with E-state index in [4.69, 9.17) is 9.78 Å². The average Bonchev–Trinajstić information content (AvgIpc) is 2.94. The summed E-state index contributed by atoms with van der Waals surface area (Å²) in [6, 6.07) is 9.54. The van der Waals surface area contributed by atoms with Gasteiger partial charge < -0.3 is 4.52 Å². The minimum Gasteiger partial charge on any atom is -0.339 e. The largest absolute Gasteiger partial charge is 0.339 e. The molecule has 1 saturated carbocycles. The lowest BCUT2D eigenvalue weighted by Crippen LogP contribution is -1.90. The molecule has 1 heterocycles. The minimum absolute atomic E-state index is 0.489. The lowest BCUT2D eigenvalue weighted by molar-refractivity contribution is 0.379. The molecule has 2 unspecified atom stereocenters. The van der Waals surface area contributed by atoms with Crippen molar-refractivity contribution < 1.29 is 4.52 Å². The van der Waals surface area contributed by atoms with Crippen molar-refractivity contribution >= 4 is 0 Å². The van der Waals surface area contributed by atoms with Gasteiger partial charge in [-0.2, -0.15) is 10.2 Å². The predicted molar refractivity (Wildman–Crippen MR) is 64.8 cm³/mol. The Morgan fingerprint density at radius 3 is 2.72 bits per heavy atom. The van der Waals surface area contributed by atoms with Crippen molar-refractivity contribution in [3.8, 4) is 6.07 Å². The van der Waals surface area contributed by atoms with Crippen LogP contribution < -0.4 is 0 Å². The van der Waals surface area contributed by atoms with Crippen molar-refractivity contribution in [2.24, 2.45) is 5.92 Å². The molecule has 0 bridgehead atoms. The number of rotatable bonds is 3. The van der Waals surface area contributed by atoms with Crippen LogP contribution in [0.3, 0.4) is 0 Å². The van der Waals surface area contributed by atoms with Crippen LogP contribution in [0.4, 0.5) is 0 Å². The average molecular weight is 239 g/mol. The molecule has 0 N–H and O–H groups in total. The number of nitriles is 1. The SMILES string of the molecule is CC1CC1c1noc(Cc2ccc(C#N)cc2)n1. The first-order valence-corrected chi connectivity index (χ1v) is 6.08. The second-order valence-corrected chi connectivity index (χ2v) is 4.85. The van der Waals surface area contributed by atoms with Gasteiger partial charge in [-0.3, -0.25) is 0 Å². The molecule has 0 amide bonds. The van der Waals surface area contributed by atoms with Gasteiger partial charge in [0, 0.05) is 5.92 Å². The monoisotopic (exact) mass is 239 g/mol. The van der Waals surface area contributed by atoms with Crippen LogP contribution in [0.15, 0.2) is 28.8 Å². The van der Waals surface area contributed by atoms with Crippen molar-refractivity contribution in [2.45, 2.75) is 25.7 Å². The van der Waals surface area contributed by atoms with Crippen molar-refractivity contribution in [3.63, 3.8) is 0 Å². The number of hydrogen-bond acceptors (Lipinski definition) is 4.